The fraction of sp³-hybridized carbons (Fsp3) is 0.500. The Morgan fingerprint density at radius 2 is 1.90 bits per heavy atom. The summed E-state index contributed by atoms with van der Waals surface area (Å²) in [6.45, 7) is 3.23. The molecule has 1 aromatic rings. The summed E-state index contributed by atoms with van der Waals surface area (Å²) in [5.74, 6) is -2.91. The summed E-state index contributed by atoms with van der Waals surface area (Å²) in [5, 5.41) is 10.1. The van der Waals surface area contributed by atoms with Crippen molar-refractivity contribution in [2.75, 3.05) is 6.61 Å². The first-order valence-corrected chi connectivity index (χ1v) is 6.43. The normalized spacial score (nSPS) is 14.6. The predicted octanol–water partition coefficient (Wildman–Crippen LogP) is 3.47. The molecule has 2 atom stereocenters. The minimum absolute atomic E-state index is 0.0823. The van der Waals surface area contributed by atoms with Gasteiger partial charge in [-0.05, 0) is 37.1 Å². The van der Waals surface area contributed by atoms with E-state index in [1.165, 1.54) is 0 Å². The third-order valence-electron chi connectivity index (χ3n) is 3.00. The first kappa shape index (κ1) is 17.4. The molecule has 1 N–H and O–H groups in total. The Morgan fingerprint density at radius 1 is 1.29 bits per heavy atom. The lowest BCUT2D eigenvalue weighted by atomic mass is 9.92. The number of carbonyl (C=O) groups is 1. The molecule has 0 amide bonds. The van der Waals surface area contributed by atoms with Crippen molar-refractivity contribution in [3.05, 3.63) is 35.1 Å². The standard InChI is InChI=1S/C14H16F4O3/c1-3-11(13(20)21-4-2)12(19)8-5-9(14(16,17)18)7-10(15)6-8/h5-7,11-12,19H,3-4H2,1-2H3. The number of benzene rings is 1. The summed E-state index contributed by atoms with van der Waals surface area (Å²) < 4.78 is 56.0. The summed E-state index contributed by atoms with van der Waals surface area (Å²) in [6.07, 6.45) is -6.15. The Bertz CT molecular complexity index is 499. The fourth-order valence-electron chi connectivity index (χ4n) is 1.95. The zero-order valence-corrected chi connectivity index (χ0v) is 11.6. The highest BCUT2D eigenvalue weighted by Crippen LogP contribution is 2.34. The third kappa shape index (κ3) is 4.42. The van der Waals surface area contributed by atoms with Crippen molar-refractivity contribution in [1.82, 2.24) is 0 Å². The maximum atomic E-state index is 13.3. The molecule has 0 saturated carbocycles. The molecule has 118 valence electrons. The van der Waals surface area contributed by atoms with Crippen molar-refractivity contribution >= 4 is 5.97 Å². The minimum atomic E-state index is -4.73. The van der Waals surface area contributed by atoms with Crippen molar-refractivity contribution in [3.8, 4) is 0 Å². The average Bonchev–Trinajstić information content (AvgIpc) is 2.38. The molecular weight excluding hydrogens is 292 g/mol. The highest BCUT2D eigenvalue weighted by atomic mass is 19.4. The Hall–Kier alpha value is -1.63. The summed E-state index contributed by atoms with van der Waals surface area (Å²) in [7, 11) is 0. The quantitative estimate of drug-likeness (QED) is 0.669. The summed E-state index contributed by atoms with van der Waals surface area (Å²) in [5.41, 5.74) is -1.52. The number of halogens is 4. The van der Waals surface area contributed by atoms with Crippen LogP contribution < -0.4 is 0 Å². The van der Waals surface area contributed by atoms with E-state index in [2.05, 4.69) is 0 Å². The lowest BCUT2D eigenvalue weighted by Crippen LogP contribution is -2.24. The van der Waals surface area contributed by atoms with Crippen LogP contribution in [0, 0.1) is 11.7 Å². The van der Waals surface area contributed by atoms with Gasteiger partial charge >= 0.3 is 12.1 Å². The van der Waals surface area contributed by atoms with Gasteiger partial charge in [0.15, 0.2) is 0 Å². The maximum Gasteiger partial charge on any atom is 0.416 e. The van der Waals surface area contributed by atoms with Gasteiger partial charge < -0.3 is 9.84 Å². The predicted molar refractivity (Wildman–Crippen MR) is 66.8 cm³/mol. The lowest BCUT2D eigenvalue weighted by molar-refractivity contribution is -0.152. The average molecular weight is 308 g/mol. The molecule has 0 radical (unpaired) electrons. The number of hydrogen-bond acceptors (Lipinski definition) is 3. The molecule has 0 aliphatic rings. The van der Waals surface area contributed by atoms with E-state index in [0.29, 0.717) is 12.1 Å². The van der Waals surface area contributed by atoms with E-state index in [9.17, 15) is 27.5 Å². The number of ether oxygens (including phenoxy) is 1. The van der Waals surface area contributed by atoms with Gasteiger partial charge in [-0.1, -0.05) is 6.92 Å². The summed E-state index contributed by atoms with van der Waals surface area (Å²) in [4.78, 5) is 11.7. The Kier molecular flexibility index (Phi) is 5.71. The van der Waals surface area contributed by atoms with Crippen LogP contribution in [0.5, 0.6) is 0 Å². The van der Waals surface area contributed by atoms with Crippen LogP contribution in [0.15, 0.2) is 18.2 Å². The smallest absolute Gasteiger partial charge is 0.416 e. The molecule has 0 fully saturated rings. The van der Waals surface area contributed by atoms with Crippen molar-refractivity contribution in [2.45, 2.75) is 32.5 Å². The van der Waals surface area contributed by atoms with Crippen LogP contribution in [-0.4, -0.2) is 17.7 Å². The Morgan fingerprint density at radius 3 is 2.38 bits per heavy atom. The molecule has 0 aliphatic carbocycles. The Labute approximate surface area is 119 Å². The van der Waals surface area contributed by atoms with E-state index in [0.717, 1.165) is 6.07 Å². The van der Waals surface area contributed by atoms with E-state index in [1.807, 2.05) is 0 Å². The molecule has 0 aliphatic heterocycles. The van der Waals surface area contributed by atoms with Crippen LogP contribution >= 0.6 is 0 Å². The molecule has 2 unspecified atom stereocenters. The molecule has 21 heavy (non-hydrogen) atoms. The van der Waals surface area contributed by atoms with Gasteiger partial charge in [-0.2, -0.15) is 13.2 Å². The molecule has 7 heteroatoms. The first-order chi connectivity index (χ1) is 9.70. The number of rotatable bonds is 5. The molecule has 0 spiro atoms. The molecule has 1 rings (SSSR count). The second kappa shape index (κ2) is 6.89. The Balaban J connectivity index is 3.13. The highest BCUT2D eigenvalue weighted by Gasteiger charge is 2.34. The molecule has 0 saturated heterocycles. The highest BCUT2D eigenvalue weighted by molar-refractivity contribution is 5.73. The first-order valence-electron chi connectivity index (χ1n) is 6.43. The second-order valence-electron chi connectivity index (χ2n) is 4.48. The van der Waals surface area contributed by atoms with E-state index in [4.69, 9.17) is 4.74 Å². The number of esters is 1. The fourth-order valence-corrected chi connectivity index (χ4v) is 1.95. The molecule has 0 heterocycles. The monoisotopic (exact) mass is 308 g/mol. The van der Waals surface area contributed by atoms with Crippen LogP contribution in [0.25, 0.3) is 0 Å². The molecular formula is C14H16F4O3. The number of aliphatic hydroxyl groups is 1. The topological polar surface area (TPSA) is 46.5 Å². The van der Waals surface area contributed by atoms with Crippen LogP contribution in [0.2, 0.25) is 0 Å². The minimum Gasteiger partial charge on any atom is -0.466 e. The second-order valence-corrected chi connectivity index (χ2v) is 4.48. The van der Waals surface area contributed by atoms with Gasteiger partial charge in [-0.15, -0.1) is 0 Å². The number of alkyl halides is 3. The van der Waals surface area contributed by atoms with Gasteiger partial charge in [-0.25, -0.2) is 4.39 Å². The number of carbonyl (C=O) groups excluding carboxylic acids is 1. The number of hydrogen-bond donors (Lipinski definition) is 1. The number of aliphatic hydroxyl groups excluding tert-OH is 1. The summed E-state index contributed by atoms with van der Waals surface area (Å²) >= 11 is 0. The van der Waals surface area contributed by atoms with Crippen molar-refractivity contribution < 1.29 is 32.2 Å². The van der Waals surface area contributed by atoms with Gasteiger partial charge in [0.05, 0.1) is 24.2 Å². The molecule has 0 bridgehead atoms. The maximum absolute atomic E-state index is 13.3. The van der Waals surface area contributed by atoms with Gasteiger partial charge in [0, 0.05) is 0 Å². The third-order valence-corrected chi connectivity index (χ3v) is 3.00. The van der Waals surface area contributed by atoms with Crippen molar-refractivity contribution in [1.29, 1.82) is 0 Å². The van der Waals surface area contributed by atoms with Crippen LogP contribution in [0.3, 0.4) is 0 Å². The largest absolute Gasteiger partial charge is 0.466 e. The molecule has 0 aromatic heterocycles. The molecule has 3 nitrogen and oxygen atoms in total. The van der Waals surface area contributed by atoms with Gasteiger partial charge in [-0.3, -0.25) is 4.79 Å². The van der Waals surface area contributed by atoms with Gasteiger partial charge in [0.1, 0.15) is 5.82 Å². The van der Waals surface area contributed by atoms with E-state index in [-0.39, 0.29) is 18.6 Å². The van der Waals surface area contributed by atoms with E-state index < -0.39 is 35.5 Å². The zero-order valence-electron chi connectivity index (χ0n) is 11.6. The van der Waals surface area contributed by atoms with Gasteiger partial charge in [0.2, 0.25) is 0 Å². The van der Waals surface area contributed by atoms with Crippen LogP contribution in [0.1, 0.15) is 37.5 Å². The van der Waals surface area contributed by atoms with Crippen LogP contribution in [0.4, 0.5) is 17.6 Å². The zero-order chi connectivity index (χ0) is 16.2. The van der Waals surface area contributed by atoms with Crippen molar-refractivity contribution in [3.63, 3.8) is 0 Å². The van der Waals surface area contributed by atoms with Crippen molar-refractivity contribution in [2.24, 2.45) is 5.92 Å². The van der Waals surface area contributed by atoms with Crippen LogP contribution in [-0.2, 0) is 15.7 Å². The van der Waals surface area contributed by atoms with E-state index in [1.54, 1.807) is 13.8 Å². The molecule has 1 aromatic carbocycles. The SMILES string of the molecule is CCOC(=O)C(CC)C(O)c1cc(F)cc(C(F)(F)F)c1. The van der Waals surface area contributed by atoms with E-state index >= 15 is 0 Å². The summed E-state index contributed by atoms with van der Waals surface area (Å²) in [6, 6.07) is 1.75. The van der Waals surface area contributed by atoms with Gasteiger partial charge in [0.25, 0.3) is 0 Å². The lowest BCUT2D eigenvalue weighted by Gasteiger charge is -2.21.